The first-order valence-corrected chi connectivity index (χ1v) is 8.19. The smallest absolute Gasteiger partial charge is 0.359 e. The summed E-state index contributed by atoms with van der Waals surface area (Å²) in [7, 11) is 0. The normalized spacial score (nSPS) is 10.9. The average molecular weight is 399 g/mol. The lowest BCUT2D eigenvalue weighted by molar-refractivity contribution is 0.0425. The van der Waals surface area contributed by atoms with Crippen molar-refractivity contribution in [2.75, 3.05) is 0 Å². The van der Waals surface area contributed by atoms with Crippen molar-refractivity contribution in [3.8, 4) is 11.4 Å². The second-order valence-electron chi connectivity index (χ2n) is 5.22. The van der Waals surface area contributed by atoms with Crippen LogP contribution in [0.1, 0.15) is 16.4 Å². The highest BCUT2D eigenvalue weighted by Crippen LogP contribution is 2.21. The molecule has 0 saturated heterocycles. The number of aromatic amines is 1. The minimum atomic E-state index is -0.556. The molecule has 0 amide bonds. The van der Waals surface area contributed by atoms with E-state index in [4.69, 9.17) is 9.26 Å². The second-order valence-corrected chi connectivity index (χ2v) is 6.13. The molecule has 0 fully saturated rings. The van der Waals surface area contributed by atoms with Crippen LogP contribution in [0.15, 0.2) is 57.5 Å². The Balaban J connectivity index is 1.47. The summed E-state index contributed by atoms with van der Waals surface area (Å²) in [5.74, 6) is 0.0837. The molecule has 2 aromatic carbocycles. The first-order valence-electron chi connectivity index (χ1n) is 7.39. The van der Waals surface area contributed by atoms with Crippen LogP contribution in [-0.2, 0) is 11.3 Å². The van der Waals surface area contributed by atoms with Crippen molar-refractivity contribution in [3.63, 3.8) is 0 Å². The topological polar surface area (TPSA) is 93.9 Å². The number of halogens is 1. The predicted molar refractivity (Wildman–Crippen MR) is 92.6 cm³/mol. The van der Waals surface area contributed by atoms with Crippen LogP contribution < -0.4 is 0 Å². The van der Waals surface area contributed by atoms with Crippen LogP contribution in [0.4, 0.5) is 0 Å². The fourth-order valence-electron chi connectivity index (χ4n) is 2.37. The second kappa shape index (κ2) is 6.48. The van der Waals surface area contributed by atoms with Gasteiger partial charge in [-0.2, -0.15) is 10.1 Å². The Morgan fingerprint density at radius 2 is 2.08 bits per heavy atom. The first kappa shape index (κ1) is 15.5. The highest BCUT2D eigenvalue weighted by atomic mass is 79.9. The zero-order chi connectivity index (χ0) is 17.2. The van der Waals surface area contributed by atoms with E-state index in [0.29, 0.717) is 11.2 Å². The van der Waals surface area contributed by atoms with Gasteiger partial charge in [-0.1, -0.05) is 51.4 Å². The average Bonchev–Trinajstić information content (AvgIpc) is 3.27. The van der Waals surface area contributed by atoms with Crippen LogP contribution in [0.25, 0.3) is 22.3 Å². The highest BCUT2D eigenvalue weighted by Gasteiger charge is 2.17. The lowest BCUT2D eigenvalue weighted by atomic mass is 10.2. The molecule has 0 aliphatic rings. The van der Waals surface area contributed by atoms with Crippen molar-refractivity contribution >= 4 is 32.8 Å². The van der Waals surface area contributed by atoms with E-state index in [9.17, 15) is 4.79 Å². The number of rotatable bonds is 4. The number of H-pyrrole nitrogens is 1. The fourth-order valence-corrected chi connectivity index (χ4v) is 2.77. The van der Waals surface area contributed by atoms with Crippen LogP contribution in [0.2, 0.25) is 0 Å². The van der Waals surface area contributed by atoms with Crippen molar-refractivity contribution in [1.29, 1.82) is 0 Å². The number of carbonyl (C=O) groups is 1. The number of benzene rings is 2. The van der Waals surface area contributed by atoms with Crippen LogP contribution in [0.5, 0.6) is 0 Å². The Hall–Kier alpha value is -3.00. The Labute approximate surface area is 150 Å². The standard InChI is InChI=1S/C17H11BrN4O3/c18-11-5-3-4-10(8-11)16-19-14(25-22-16)9-24-17(23)15-12-6-1-2-7-13(12)20-21-15/h1-8H,9H2,(H,20,21). The van der Waals surface area contributed by atoms with Gasteiger partial charge in [0, 0.05) is 15.4 Å². The zero-order valence-electron chi connectivity index (χ0n) is 12.8. The van der Waals surface area contributed by atoms with Gasteiger partial charge in [0.2, 0.25) is 5.82 Å². The summed E-state index contributed by atoms with van der Waals surface area (Å²) in [6.45, 7) is -0.124. The van der Waals surface area contributed by atoms with E-state index >= 15 is 0 Å². The molecule has 0 radical (unpaired) electrons. The Kier molecular flexibility index (Phi) is 4.02. The third-order valence-corrected chi connectivity index (χ3v) is 4.03. The van der Waals surface area contributed by atoms with E-state index in [0.717, 1.165) is 15.6 Å². The largest absolute Gasteiger partial charge is 0.451 e. The number of esters is 1. The maximum Gasteiger partial charge on any atom is 0.359 e. The Bertz CT molecular complexity index is 1060. The van der Waals surface area contributed by atoms with Gasteiger partial charge in [0.1, 0.15) is 0 Å². The number of nitrogens with one attached hydrogen (secondary N) is 1. The number of aromatic nitrogens is 4. The predicted octanol–water partition coefficient (Wildman–Crippen LogP) is 3.73. The number of carbonyl (C=O) groups excluding carboxylic acids is 1. The van der Waals surface area contributed by atoms with Gasteiger partial charge in [0.25, 0.3) is 5.89 Å². The van der Waals surface area contributed by atoms with Crippen molar-refractivity contribution in [1.82, 2.24) is 20.3 Å². The molecule has 0 spiro atoms. The van der Waals surface area contributed by atoms with Gasteiger partial charge in [0.05, 0.1) is 5.52 Å². The van der Waals surface area contributed by atoms with Gasteiger partial charge >= 0.3 is 5.97 Å². The molecule has 0 unspecified atom stereocenters. The van der Waals surface area contributed by atoms with E-state index in [1.54, 1.807) is 6.07 Å². The molecule has 1 N–H and O–H groups in total. The van der Waals surface area contributed by atoms with Crippen LogP contribution in [0.3, 0.4) is 0 Å². The van der Waals surface area contributed by atoms with Gasteiger partial charge in [-0.25, -0.2) is 4.79 Å². The number of hydrogen-bond acceptors (Lipinski definition) is 6. The molecule has 0 bridgehead atoms. The molecule has 2 heterocycles. The van der Waals surface area contributed by atoms with Gasteiger partial charge in [-0.05, 0) is 18.2 Å². The minimum absolute atomic E-state index is 0.124. The summed E-state index contributed by atoms with van der Waals surface area (Å²) in [5, 5.41) is 11.4. The lowest BCUT2D eigenvalue weighted by Crippen LogP contribution is -2.06. The van der Waals surface area contributed by atoms with Crippen LogP contribution in [0, 0.1) is 0 Å². The molecule has 0 saturated carbocycles. The number of nitrogens with zero attached hydrogens (tertiary/aromatic N) is 3. The molecule has 7 nitrogen and oxygen atoms in total. The minimum Gasteiger partial charge on any atom is -0.451 e. The van der Waals surface area contributed by atoms with Crippen molar-refractivity contribution < 1.29 is 14.1 Å². The summed E-state index contributed by atoms with van der Waals surface area (Å²) in [5.41, 5.74) is 1.79. The number of fused-ring (bicyclic) bond motifs is 1. The molecule has 4 rings (SSSR count). The first-order chi connectivity index (χ1) is 12.2. The quantitative estimate of drug-likeness (QED) is 0.526. The molecule has 0 aliphatic heterocycles. The molecule has 124 valence electrons. The summed E-state index contributed by atoms with van der Waals surface area (Å²) in [4.78, 5) is 16.4. The third kappa shape index (κ3) is 3.16. The monoisotopic (exact) mass is 398 g/mol. The summed E-state index contributed by atoms with van der Waals surface area (Å²) in [6.07, 6.45) is 0. The van der Waals surface area contributed by atoms with Crippen molar-refractivity contribution in [2.24, 2.45) is 0 Å². The summed E-state index contributed by atoms with van der Waals surface area (Å²) in [6, 6.07) is 14.8. The molecule has 4 aromatic rings. The number of ether oxygens (including phenoxy) is 1. The summed E-state index contributed by atoms with van der Waals surface area (Å²) < 4.78 is 11.3. The van der Waals surface area contributed by atoms with E-state index in [2.05, 4.69) is 36.3 Å². The van der Waals surface area contributed by atoms with Gasteiger partial charge in [-0.15, -0.1) is 0 Å². The lowest BCUT2D eigenvalue weighted by Gasteiger charge is -1.99. The Morgan fingerprint density at radius 1 is 1.20 bits per heavy atom. The molecule has 8 heteroatoms. The number of hydrogen-bond donors (Lipinski definition) is 1. The van der Waals surface area contributed by atoms with Gasteiger partial charge < -0.3 is 9.26 Å². The third-order valence-electron chi connectivity index (χ3n) is 3.54. The van der Waals surface area contributed by atoms with Gasteiger partial charge in [-0.3, -0.25) is 5.10 Å². The molecule has 0 atom stereocenters. The summed E-state index contributed by atoms with van der Waals surface area (Å²) >= 11 is 3.39. The highest BCUT2D eigenvalue weighted by molar-refractivity contribution is 9.10. The zero-order valence-corrected chi connectivity index (χ0v) is 14.4. The molecular weight excluding hydrogens is 388 g/mol. The maximum absolute atomic E-state index is 12.2. The Morgan fingerprint density at radius 3 is 2.96 bits per heavy atom. The molecule has 2 aromatic heterocycles. The number of para-hydroxylation sites is 1. The molecular formula is C17H11BrN4O3. The van der Waals surface area contributed by atoms with Crippen LogP contribution >= 0.6 is 15.9 Å². The van der Waals surface area contributed by atoms with E-state index < -0.39 is 5.97 Å². The fraction of sp³-hybridized carbons (Fsp3) is 0.0588. The van der Waals surface area contributed by atoms with E-state index in [1.165, 1.54) is 0 Å². The SMILES string of the molecule is O=C(OCc1nc(-c2cccc(Br)c2)no1)c1n[nH]c2ccccc12. The van der Waals surface area contributed by atoms with Crippen molar-refractivity contribution in [2.45, 2.75) is 6.61 Å². The maximum atomic E-state index is 12.2. The van der Waals surface area contributed by atoms with E-state index in [-0.39, 0.29) is 18.2 Å². The molecule has 0 aliphatic carbocycles. The van der Waals surface area contributed by atoms with E-state index in [1.807, 2.05) is 42.5 Å². The van der Waals surface area contributed by atoms with Gasteiger partial charge in [0.15, 0.2) is 12.3 Å². The van der Waals surface area contributed by atoms with Crippen molar-refractivity contribution in [3.05, 3.63) is 64.6 Å². The van der Waals surface area contributed by atoms with Crippen LogP contribution in [-0.4, -0.2) is 26.3 Å². The molecule has 25 heavy (non-hydrogen) atoms.